The van der Waals surface area contributed by atoms with Gasteiger partial charge in [-0.05, 0) is 53.4 Å². The number of hydrogen-bond acceptors (Lipinski definition) is 5. The summed E-state index contributed by atoms with van der Waals surface area (Å²) in [6, 6.07) is -0.247. The molecule has 1 saturated carbocycles. The van der Waals surface area contributed by atoms with Crippen molar-refractivity contribution in [3.8, 4) is 0 Å². The number of amides is 1. The molecule has 0 saturated heterocycles. The zero-order valence-electron chi connectivity index (χ0n) is 13.3. The highest BCUT2D eigenvalue weighted by molar-refractivity contribution is 5.68. The fourth-order valence-electron chi connectivity index (χ4n) is 1.94. The smallest absolute Gasteiger partial charge is 0.408 e. The molecule has 21 heavy (non-hydrogen) atoms. The summed E-state index contributed by atoms with van der Waals surface area (Å²) in [5.41, 5.74) is 0.552. The Bertz CT molecular complexity index is 535. The maximum Gasteiger partial charge on any atom is 0.408 e. The quantitative estimate of drug-likeness (QED) is 0.919. The zero-order valence-corrected chi connectivity index (χ0v) is 13.3. The third-order valence-corrected chi connectivity index (χ3v) is 2.91. The molecule has 1 aromatic rings. The topological polar surface area (TPSA) is 77.2 Å². The summed E-state index contributed by atoms with van der Waals surface area (Å²) in [5, 5.41) is 6.83. The van der Waals surface area contributed by atoms with Crippen LogP contribution >= 0.6 is 0 Å². The van der Waals surface area contributed by atoms with Gasteiger partial charge in [0.25, 0.3) is 5.89 Å². The minimum atomic E-state index is -0.525. The van der Waals surface area contributed by atoms with Crippen LogP contribution < -0.4 is 5.32 Å². The molecule has 1 aliphatic rings. The number of hydrogen-bond donors (Lipinski definition) is 1. The molecule has 0 aromatic carbocycles. The van der Waals surface area contributed by atoms with Gasteiger partial charge < -0.3 is 14.6 Å². The molecule has 1 fully saturated rings. The number of aromatic nitrogens is 2. The van der Waals surface area contributed by atoms with Gasteiger partial charge in [-0.15, -0.1) is 0 Å². The van der Waals surface area contributed by atoms with Gasteiger partial charge in [0, 0.05) is 6.08 Å². The van der Waals surface area contributed by atoms with Crippen LogP contribution in [0.25, 0.3) is 6.08 Å². The summed E-state index contributed by atoms with van der Waals surface area (Å²) in [6.07, 6.45) is 3.46. The van der Waals surface area contributed by atoms with E-state index < -0.39 is 11.7 Å². The monoisotopic (exact) mass is 293 g/mol. The minimum Gasteiger partial charge on any atom is -0.444 e. The molecule has 1 aliphatic carbocycles. The van der Waals surface area contributed by atoms with Crippen LogP contribution in [-0.2, 0) is 4.74 Å². The first-order chi connectivity index (χ1) is 9.74. The maximum atomic E-state index is 11.9. The van der Waals surface area contributed by atoms with Gasteiger partial charge in [-0.2, -0.15) is 4.98 Å². The standard InChI is InChI=1S/C15H23N3O3/c1-9(2)8-11-16-13(18-21-11)12(10-6-7-10)17-14(19)20-15(3,4)5/h8,10,12H,6-7H2,1-5H3,(H,17,19). The van der Waals surface area contributed by atoms with E-state index in [2.05, 4.69) is 15.5 Å². The van der Waals surface area contributed by atoms with Crippen LogP contribution in [-0.4, -0.2) is 21.8 Å². The first-order valence-electron chi connectivity index (χ1n) is 7.22. The first-order valence-corrected chi connectivity index (χ1v) is 7.22. The van der Waals surface area contributed by atoms with Crippen LogP contribution in [0, 0.1) is 5.92 Å². The molecule has 1 aromatic heterocycles. The van der Waals surface area contributed by atoms with Crippen molar-refractivity contribution < 1.29 is 14.1 Å². The van der Waals surface area contributed by atoms with E-state index in [0.717, 1.165) is 18.4 Å². The summed E-state index contributed by atoms with van der Waals surface area (Å²) < 4.78 is 10.5. The van der Waals surface area contributed by atoms with Gasteiger partial charge in [0.1, 0.15) is 5.60 Å². The van der Waals surface area contributed by atoms with E-state index in [0.29, 0.717) is 17.6 Å². The molecule has 1 unspecified atom stereocenters. The van der Waals surface area contributed by atoms with E-state index in [4.69, 9.17) is 9.26 Å². The first kappa shape index (κ1) is 15.5. The molecular weight excluding hydrogens is 270 g/mol. The molecule has 1 atom stereocenters. The van der Waals surface area contributed by atoms with Crippen LogP contribution in [0.2, 0.25) is 0 Å². The van der Waals surface area contributed by atoms with Crippen molar-refractivity contribution >= 4 is 12.2 Å². The van der Waals surface area contributed by atoms with Gasteiger partial charge in [0.15, 0.2) is 5.82 Å². The van der Waals surface area contributed by atoms with Crippen molar-refractivity contribution in [3.05, 3.63) is 17.3 Å². The normalized spacial score (nSPS) is 16.2. The number of ether oxygens (including phenoxy) is 1. The fourth-order valence-corrected chi connectivity index (χ4v) is 1.94. The molecule has 1 N–H and O–H groups in total. The molecule has 2 rings (SSSR count). The van der Waals surface area contributed by atoms with E-state index in [1.165, 1.54) is 0 Å². The Kier molecular flexibility index (Phi) is 4.34. The second-order valence-electron chi connectivity index (χ2n) is 6.67. The predicted molar refractivity (Wildman–Crippen MR) is 78.5 cm³/mol. The Labute approximate surface area is 124 Å². The maximum absolute atomic E-state index is 11.9. The molecule has 6 heteroatoms. The van der Waals surface area contributed by atoms with Crippen molar-refractivity contribution in [1.29, 1.82) is 0 Å². The molecule has 0 spiro atoms. The van der Waals surface area contributed by atoms with Gasteiger partial charge >= 0.3 is 6.09 Å². The minimum absolute atomic E-state index is 0.247. The average molecular weight is 293 g/mol. The van der Waals surface area contributed by atoms with Crippen molar-refractivity contribution in [2.45, 2.75) is 59.1 Å². The van der Waals surface area contributed by atoms with Gasteiger partial charge in [0.2, 0.25) is 0 Å². The van der Waals surface area contributed by atoms with Crippen molar-refractivity contribution in [1.82, 2.24) is 15.5 Å². The van der Waals surface area contributed by atoms with Crippen LogP contribution in [0.5, 0.6) is 0 Å². The van der Waals surface area contributed by atoms with Crippen molar-refractivity contribution in [2.24, 2.45) is 5.92 Å². The number of nitrogens with one attached hydrogen (secondary N) is 1. The number of nitrogens with zero attached hydrogens (tertiary/aromatic N) is 2. The number of carbonyl (C=O) groups excluding carboxylic acids is 1. The van der Waals surface area contributed by atoms with Crippen LogP contribution in [0.3, 0.4) is 0 Å². The summed E-state index contributed by atoms with van der Waals surface area (Å²) in [7, 11) is 0. The average Bonchev–Trinajstić information content (AvgIpc) is 3.04. The lowest BCUT2D eigenvalue weighted by molar-refractivity contribution is 0.0494. The molecule has 116 valence electrons. The van der Waals surface area contributed by atoms with E-state index in [1.54, 1.807) is 0 Å². The van der Waals surface area contributed by atoms with E-state index in [-0.39, 0.29) is 6.04 Å². The molecular formula is C15H23N3O3. The Morgan fingerprint density at radius 2 is 2.10 bits per heavy atom. The van der Waals surface area contributed by atoms with Crippen LogP contribution in [0.1, 0.15) is 65.2 Å². The van der Waals surface area contributed by atoms with Gasteiger partial charge in [-0.25, -0.2) is 4.79 Å². The Balaban J connectivity index is 2.07. The molecule has 0 bridgehead atoms. The van der Waals surface area contributed by atoms with E-state index in [9.17, 15) is 4.79 Å². The largest absolute Gasteiger partial charge is 0.444 e. The van der Waals surface area contributed by atoms with Gasteiger partial charge in [0.05, 0.1) is 6.04 Å². The SMILES string of the molecule is CC(C)=Cc1nc(C(NC(=O)OC(C)(C)C)C2CC2)no1. The predicted octanol–water partition coefficient (Wildman–Crippen LogP) is 3.47. The lowest BCUT2D eigenvalue weighted by atomic mass is 10.2. The Morgan fingerprint density at radius 3 is 2.62 bits per heavy atom. The van der Waals surface area contributed by atoms with E-state index >= 15 is 0 Å². The molecule has 1 amide bonds. The zero-order chi connectivity index (χ0) is 15.6. The third kappa shape index (κ3) is 4.88. The van der Waals surface area contributed by atoms with Crippen LogP contribution in [0.4, 0.5) is 4.79 Å². The van der Waals surface area contributed by atoms with Crippen molar-refractivity contribution in [3.63, 3.8) is 0 Å². The van der Waals surface area contributed by atoms with E-state index in [1.807, 2.05) is 40.7 Å². The summed E-state index contributed by atoms with van der Waals surface area (Å²) >= 11 is 0. The fraction of sp³-hybridized carbons (Fsp3) is 0.667. The Morgan fingerprint density at radius 1 is 1.43 bits per heavy atom. The number of carbonyl (C=O) groups is 1. The molecule has 6 nitrogen and oxygen atoms in total. The highest BCUT2D eigenvalue weighted by Gasteiger charge is 2.37. The second kappa shape index (κ2) is 5.87. The molecule has 0 radical (unpaired) electrons. The Hall–Kier alpha value is -1.85. The molecule has 0 aliphatic heterocycles. The summed E-state index contributed by atoms with van der Waals surface area (Å²) in [5.74, 6) is 1.33. The number of alkyl carbamates (subject to hydrolysis) is 1. The van der Waals surface area contributed by atoms with Crippen LogP contribution in [0.15, 0.2) is 10.1 Å². The second-order valence-corrected chi connectivity index (χ2v) is 6.67. The lowest BCUT2D eigenvalue weighted by Crippen LogP contribution is -2.36. The molecule has 1 heterocycles. The van der Waals surface area contributed by atoms with Gasteiger partial charge in [-0.1, -0.05) is 10.7 Å². The third-order valence-electron chi connectivity index (χ3n) is 2.91. The van der Waals surface area contributed by atoms with Gasteiger partial charge in [-0.3, -0.25) is 0 Å². The summed E-state index contributed by atoms with van der Waals surface area (Å²) in [6.45, 7) is 9.42. The van der Waals surface area contributed by atoms with Crippen molar-refractivity contribution in [2.75, 3.05) is 0 Å². The number of rotatable bonds is 4. The number of allylic oxidation sites excluding steroid dienone is 1. The highest BCUT2D eigenvalue weighted by Crippen LogP contribution is 2.40. The highest BCUT2D eigenvalue weighted by atomic mass is 16.6. The summed E-state index contributed by atoms with van der Waals surface area (Å²) in [4.78, 5) is 16.3. The lowest BCUT2D eigenvalue weighted by Gasteiger charge is -2.22.